The number of aliphatic hydroxyl groups excluding tert-OH is 1. The molecular formula is C18H41NO. The first kappa shape index (κ1) is 22.2. The first-order valence-electron chi connectivity index (χ1n) is 9.14. The Balaban J connectivity index is 0. The number of hydrogen-bond acceptors (Lipinski definition) is 2. The summed E-state index contributed by atoms with van der Waals surface area (Å²) >= 11 is 0. The fourth-order valence-corrected chi connectivity index (χ4v) is 2.17. The molecule has 0 aliphatic heterocycles. The van der Waals surface area contributed by atoms with Gasteiger partial charge in [0, 0.05) is 6.61 Å². The monoisotopic (exact) mass is 287 g/mol. The van der Waals surface area contributed by atoms with Crippen LogP contribution in [0.25, 0.3) is 0 Å². The zero-order chi connectivity index (χ0) is 15.3. The van der Waals surface area contributed by atoms with Crippen LogP contribution in [0.15, 0.2) is 0 Å². The molecule has 0 rings (SSSR count). The lowest BCUT2D eigenvalue weighted by atomic mass is 10.1. The van der Waals surface area contributed by atoms with E-state index in [1.807, 2.05) is 0 Å². The van der Waals surface area contributed by atoms with Crippen LogP contribution < -0.4 is 5.73 Å². The van der Waals surface area contributed by atoms with Crippen molar-refractivity contribution in [1.82, 2.24) is 0 Å². The standard InChI is InChI=1S/C10H22O.C8H19N/c1-2-3-4-5-6-7-8-9-10-11;1-2-3-4-5-6-7-8-9/h11H,2-10H2,1H3;2-9H2,1H3. The van der Waals surface area contributed by atoms with Crippen molar-refractivity contribution >= 4 is 0 Å². The zero-order valence-corrected chi connectivity index (χ0v) is 14.3. The van der Waals surface area contributed by atoms with Crippen LogP contribution in [0.1, 0.15) is 104 Å². The van der Waals surface area contributed by atoms with Crippen LogP contribution in [0.5, 0.6) is 0 Å². The van der Waals surface area contributed by atoms with E-state index in [0.29, 0.717) is 6.61 Å². The minimum atomic E-state index is 0.370. The van der Waals surface area contributed by atoms with Gasteiger partial charge in [-0.05, 0) is 19.4 Å². The minimum absolute atomic E-state index is 0.370. The van der Waals surface area contributed by atoms with E-state index in [-0.39, 0.29) is 0 Å². The van der Waals surface area contributed by atoms with Gasteiger partial charge in [0.2, 0.25) is 0 Å². The van der Waals surface area contributed by atoms with E-state index in [4.69, 9.17) is 10.8 Å². The van der Waals surface area contributed by atoms with E-state index in [1.54, 1.807) is 0 Å². The molecule has 0 saturated heterocycles. The second-order valence-electron chi connectivity index (χ2n) is 5.75. The van der Waals surface area contributed by atoms with Crippen molar-refractivity contribution in [3.8, 4) is 0 Å². The summed E-state index contributed by atoms with van der Waals surface area (Å²) in [6.07, 6.45) is 18.4. The number of nitrogens with two attached hydrogens (primary N) is 1. The summed E-state index contributed by atoms with van der Waals surface area (Å²) in [5.41, 5.74) is 5.34. The molecule has 0 aliphatic rings. The molecule has 0 heterocycles. The average molecular weight is 288 g/mol. The Morgan fingerprint density at radius 2 is 0.900 bits per heavy atom. The predicted molar refractivity (Wildman–Crippen MR) is 92.1 cm³/mol. The molecule has 0 aliphatic carbocycles. The van der Waals surface area contributed by atoms with Gasteiger partial charge < -0.3 is 10.8 Å². The molecule has 0 amide bonds. The molecule has 0 aromatic heterocycles. The molecule has 20 heavy (non-hydrogen) atoms. The average Bonchev–Trinajstić information content (AvgIpc) is 2.47. The second kappa shape index (κ2) is 24.0. The quantitative estimate of drug-likeness (QED) is 0.419. The van der Waals surface area contributed by atoms with Crippen LogP contribution in [-0.2, 0) is 0 Å². The molecular weight excluding hydrogens is 246 g/mol. The van der Waals surface area contributed by atoms with Gasteiger partial charge in [-0.15, -0.1) is 0 Å². The fraction of sp³-hybridized carbons (Fsp3) is 1.00. The van der Waals surface area contributed by atoms with Crippen LogP contribution in [-0.4, -0.2) is 18.3 Å². The Labute approximate surface area is 128 Å². The summed E-state index contributed by atoms with van der Waals surface area (Å²) < 4.78 is 0. The van der Waals surface area contributed by atoms with Crippen molar-refractivity contribution in [3.05, 3.63) is 0 Å². The van der Waals surface area contributed by atoms with Gasteiger partial charge in [0.15, 0.2) is 0 Å². The number of hydrogen-bond donors (Lipinski definition) is 2. The lowest BCUT2D eigenvalue weighted by Crippen LogP contribution is -1.97. The molecule has 0 atom stereocenters. The Bertz CT molecular complexity index is 125. The third kappa shape index (κ3) is 26.5. The molecule has 3 N–H and O–H groups in total. The van der Waals surface area contributed by atoms with E-state index in [2.05, 4.69) is 13.8 Å². The Morgan fingerprint density at radius 1 is 0.550 bits per heavy atom. The zero-order valence-electron chi connectivity index (χ0n) is 14.3. The molecule has 0 fully saturated rings. The molecule has 0 bridgehead atoms. The minimum Gasteiger partial charge on any atom is -0.396 e. The van der Waals surface area contributed by atoms with Gasteiger partial charge in [-0.1, -0.05) is 90.9 Å². The van der Waals surface area contributed by atoms with Gasteiger partial charge in [-0.2, -0.15) is 0 Å². The van der Waals surface area contributed by atoms with E-state index in [0.717, 1.165) is 13.0 Å². The van der Waals surface area contributed by atoms with Crippen molar-refractivity contribution in [1.29, 1.82) is 0 Å². The Morgan fingerprint density at radius 3 is 1.25 bits per heavy atom. The molecule has 2 nitrogen and oxygen atoms in total. The van der Waals surface area contributed by atoms with Crippen LogP contribution in [0.3, 0.4) is 0 Å². The predicted octanol–water partition coefficient (Wildman–Crippen LogP) is 5.43. The molecule has 0 saturated carbocycles. The smallest absolute Gasteiger partial charge is 0.0431 e. The van der Waals surface area contributed by atoms with Gasteiger partial charge in [-0.25, -0.2) is 0 Å². The van der Waals surface area contributed by atoms with E-state index in [1.165, 1.54) is 83.5 Å². The second-order valence-corrected chi connectivity index (χ2v) is 5.75. The van der Waals surface area contributed by atoms with Gasteiger partial charge in [0.25, 0.3) is 0 Å². The van der Waals surface area contributed by atoms with Crippen molar-refractivity contribution in [2.45, 2.75) is 104 Å². The van der Waals surface area contributed by atoms with Crippen molar-refractivity contribution in [3.63, 3.8) is 0 Å². The third-order valence-corrected chi connectivity index (χ3v) is 3.57. The maximum atomic E-state index is 8.51. The first-order chi connectivity index (χ1) is 9.83. The summed E-state index contributed by atoms with van der Waals surface area (Å²) in [5.74, 6) is 0. The van der Waals surface area contributed by atoms with Gasteiger partial charge in [0.1, 0.15) is 0 Å². The van der Waals surface area contributed by atoms with Crippen LogP contribution in [0.2, 0.25) is 0 Å². The molecule has 0 aromatic rings. The lowest BCUT2D eigenvalue weighted by Gasteiger charge is -1.98. The summed E-state index contributed by atoms with van der Waals surface area (Å²) in [6.45, 7) is 5.72. The summed E-state index contributed by atoms with van der Waals surface area (Å²) in [5, 5.41) is 8.51. The fourth-order valence-electron chi connectivity index (χ4n) is 2.17. The highest BCUT2D eigenvalue weighted by atomic mass is 16.2. The Hall–Kier alpha value is -0.0800. The normalized spacial score (nSPS) is 10.2. The van der Waals surface area contributed by atoms with E-state index in [9.17, 15) is 0 Å². The number of aliphatic hydroxyl groups is 1. The highest BCUT2D eigenvalue weighted by Crippen LogP contribution is 2.07. The number of unbranched alkanes of at least 4 members (excludes halogenated alkanes) is 12. The topological polar surface area (TPSA) is 46.2 Å². The third-order valence-electron chi connectivity index (χ3n) is 3.57. The summed E-state index contributed by atoms with van der Waals surface area (Å²) in [6, 6.07) is 0. The Kier molecular flexibility index (Phi) is 26.6. The maximum Gasteiger partial charge on any atom is 0.0431 e. The molecule has 0 aromatic carbocycles. The van der Waals surface area contributed by atoms with Gasteiger partial charge in [0.05, 0.1) is 0 Å². The van der Waals surface area contributed by atoms with E-state index < -0.39 is 0 Å². The van der Waals surface area contributed by atoms with Crippen molar-refractivity contribution < 1.29 is 5.11 Å². The highest BCUT2D eigenvalue weighted by Gasteiger charge is 1.89. The number of rotatable bonds is 14. The molecule has 0 unspecified atom stereocenters. The molecule has 124 valence electrons. The molecule has 2 heteroatoms. The molecule has 0 radical (unpaired) electrons. The van der Waals surface area contributed by atoms with Gasteiger partial charge >= 0.3 is 0 Å². The van der Waals surface area contributed by atoms with Gasteiger partial charge in [-0.3, -0.25) is 0 Å². The largest absolute Gasteiger partial charge is 0.396 e. The molecule has 0 spiro atoms. The van der Waals surface area contributed by atoms with Crippen LogP contribution >= 0.6 is 0 Å². The maximum absolute atomic E-state index is 8.51. The van der Waals surface area contributed by atoms with Crippen molar-refractivity contribution in [2.75, 3.05) is 13.2 Å². The lowest BCUT2D eigenvalue weighted by molar-refractivity contribution is 0.282. The van der Waals surface area contributed by atoms with Crippen LogP contribution in [0, 0.1) is 0 Å². The summed E-state index contributed by atoms with van der Waals surface area (Å²) in [7, 11) is 0. The van der Waals surface area contributed by atoms with Crippen LogP contribution in [0.4, 0.5) is 0 Å². The van der Waals surface area contributed by atoms with Crippen molar-refractivity contribution in [2.24, 2.45) is 5.73 Å². The highest BCUT2D eigenvalue weighted by molar-refractivity contribution is 4.45. The first-order valence-corrected chi connectivity index (χ1v) is 9.14. The SMILES string of the molecule is CCCCCCCCCCO.CCCCCCCCN. The van der Waals surface area contributed by atoms with E-state index >= 15 is 0 Å². The summed E-state index contributed by atoms with van der Waals surface area (Å²) in [4.78, 5) is 0.